The average Bonchev–Trinajstić information content (AvgIpc) is 2.60. The van der Waals surface area contributed by atoms with E-state index in [-0.39, 0.29) is 12.3 Å². The van der Waals surface area contributed by atoms with Crippen molar-refractivity contribution in [3.8, 4) is 6.07 Å². The van der Waals surface area contributed by atoms with E-state index in [4.69, 9.17) is 9.68 Å². The van der Waals surface area contributed by atoms with E-state index in [1.165, 1.54) is 0 Å². The van der Waals surface area contributed by atoms with Crippen LogP contribution in [0.3, 0.4) is 0 Å². The van der Waals surface area contributed by atoms with Gasteiger partial charge in [0.2, 0.25) is 5.91 Å². The number of carbonyl (C=O) groups excluding carboxylic acids is 1. The van der Waals surface area contributed by atoms with Gasteiger partial charge in [0.15, 0.2) is 11.5 Å². The van der Waals surface area contributed by atoms with E-state index < -0.39 is 0 Å². The Morgan fingerprint density at radius 3 is 3.19 bits per heavy atom. The van der Waals surface area contributed by atoms with E-state index in [1.807, 2.05) is 0 Å². The lowest BCUT2D eigenvalue weighted by Gasteiger charge is -2.01. The van der Waals surface area contributed by atoms with Crippen molar-refractivity contribution in [1.82, 2.24) is 4.98 Å². The number of nitriles is 1. The third kappa shape index (κ3) is 1.86. The molecule has 5 heteroatoms. The van der Waals surface area contributed by atoms with Crippen LogP contribution in [-0.2, 0) is 4.79 Å². The maximum absolute atomic E-state index is 11.3. The Labute approximate surface area is 91.7 Å². The summed E-state index contributed by atoms with van der Waals surface area (Å²) in [6.07, 6.45) is -0.173. The van der Waals surface area contributed by atoms with E-state index in [0.717, 1.165) is 0 Å². The van der Waals surface area contributed by atoms with Gasteiger partial charge in [-0.2, -0.15) is 5.26 Å². The molecule has 80 valence electrons. The van der Waals surface area contributed by atoms with E-state index in [1.54, 1.807) is 31.2 Å². The number of aryl methyl sites for hydroxylation is 1. The molecule has 0 fully saturated rings. The van der Waals surface area contributed by atoms with Crippen molar-refractivity contribution >= 4 is 22.7 Å². The molecule has 1 amide bonds. The number of hydrogen-bond acceptors (Lipinski definition) is 4. The standard InChI is InChI=1S/C11H9N3O2/c1-7-13-11-8(14-10(15)5-6-12)3-2-4-9(11)16-7/h2-4H,5H2,1H3,(H,14,15). The van der Waals surface area contributed by atoms with Gasteiger partial charge in [-0.3, -0.25) is 4.79 Å². The first kappa shape index (κ1) is 10.2. The number of para-hydroxylation sites is 1. The highest BCUT2D eigenvalue weighted by Crippen LogP contribution is 2.23. The third-order valence-electron chi connectivity index (χ3n) is 2.04. The van der Waals surface area contributed by atoms with Gasteiger partial charge in [-0.15, -0.1) is 0 Å². The smallest absolute Gasteiger partial charge is 0.238 e. The van der Waals surface area contributed by atoms with E-state index in [2.05, 4.69) is 10.3 Å². The fraction of sp³-hybridized carbons (Fsp3) is 0.182. The number of nitrogens with zero attached hydrogens (tertiary/aromatic N) is 2. The number of fused-ring (bicyclic) bond motifs is 1. The van der Waals surface area contributed by atoms with Gasteiger partial charge < -0.3 is 9.73 Å². The summed E-state index contributed by atoms with van der Waals surface area (Å²) < 4.78 is 5.32. The fourth-order valence-corrected chi connectivity index (χ4v) is 1.43. The third-order valence-corrected chi connectivity index (χ3v) is 2.04. The van der Waals surface area contributed by atoms with Crippen LogP contribution in [0.15, 0.2) is 22.6 Å². The summed E-state index contributed by atoms with van der Waals surface area (Å²) in [7, 11) is 0. The molecule has 1 aromatic heterocycles. The monoisotopic (exact) mass is 215 g/mol. The van der Waals surface area contributed by atoms with E-state index in [9.17, 15) is 4.79 Å². The number of nitrogens with one attached hydrogen (secondary N) is 1. The van der Waals surface area contributed by atoms with Crippen molar-refractivity contribution in [2.45, 2.75) is 13.3 Å². The highest BCUT2D eigenvalue weighted by atomic mass is 16.3. The van der Waals surface area contributed by atoms with Gasteiger partial charge in [-0.25, -0.2) is 4.98 Å². The van der Waals surface area contributed by atoms with Crippen molar-refractivity contribution in [3.05, 3.63) is 24.1 Å². The minimum absolute atomic E-state index is 0.173. The molecule has 0 spiro atoms. The van der Waals surface area contributed by atoms with Crippen LogP contribution in [0, 0.1) is 18.3 Å². The van der Waals surface area contributed by atoms with Crippen LogP contribution in [0.25, 0.3) is 11.1 Å². The largest absolute Gasteiger partial charge is 0.441 e. The van der Waals surface area contributed by atoms with Crippen molar-refractivity contribution in [2.24, 2.45) is 0 Å². The van der Waals surface area contributed by atoms with Gasteiger partial charge in [0, 0.05) is 6.92 Å². The summed E-state index contributed by atoms with van der Waals surface area (Å²) in [5.41, 5.74) is 1.79. The summed E-state index contributed by atoms with van der Waals surface area (Å²) in [5.74, 6) is 0.188. The Kier molecular flexibility index (Phi) is 2.56. The molecule has 0 bridgehead atoms. The van der Waals surface area contributed by atoms with Gasteiger partial charge in [-0.1, -0.05) is 6.07 Å². The quantitative estimate of drug-likeness (QED) is 0.830. The lowest BCUT2D eigenvalue weighted by Crippen LogP contribution is -2.10. The second-order valence-electron chi connectivity index (χ2n) is 3.27. The zero-order chi connectivity index (χ0) is 11.5. The summed E-state index contributed by atoms with van der Waals surface area (Å²) >= 11 is 0. The van der Waals surface area contributed by atoms with Gasteiger partial charge in [0.25, 0.3) is 0 Å². The molecule has 0 aliphatic heterocycles. The molecule has 2 rings (SSSR count). The maximum atomic E-state index is 11.3. The van der Waals surface area contributed by atoms with Crippen LogP contribution in [0.1, 0.15) is 12.3 Å². The number of carbonyl (C=O) groups is 1. The highest BCUT2D eigenvalue weighted by molar-refractivity contribution is 5.99. The number of rotatable bonds is 2. The first-order chi connectivity index (χ1) is 7.70. The molecule has 0 aliphatic carbocycles. The van der Waals surface area contributed by atoms with Crippen LogP contribution in [-0.4, -0.2) is 10.9 Å². The summed E-state index contributed by atoms with van der Waals surface area (Å²) in [4.78, 5) is 15.4. The topological polar surface area (TPSA) is 78.9 Å². The molecule has 0 unspecified atom stereocenters. The lowest BCUT2D eigenvalue weighted by molar-refractivity contribution is -0.115. The normalized spacial score (nSPS) is 10.0. The Bertz CT molecular complexity index is 580. The van der Waals surface area contributed by atoms with Crippen LogP contribution in [0.2, 0.25) is 0 Å². The van der Waals surface area contributed by atoms with Crippen molar-refractivity contribution in [3.63, 3.8) is 0 Å². The summed E-state index contributed by atoms with van der Waals surface area (Å²) in [5, 5.41) is 11.0. The van der Waals surface area contributed by atoms with Gasteiger partial charge in [0.1, 0.15) is 11.9 Å². The molecular weight excluding hydrogens is 206 g/mol. The zero-order valence-electron chi connectivity index (χ0n) is 8.65. The Morgan fingerprint density at radius 2 is 2.44 bits per heavy atom. The summed E-state index contributed by atoms with van der Waals surface area (Å²) in [6.45, 7) is 1.74. The number of hydrogen-bond donors (Lipinski definition) is 1. The predicted molar refractivity (Wildman–Crippen MR) is 57.6 cm³/mol. The van der Waals surface area contributed by atoms with Crippen LogP contribution in [0.5, 0.6) is 0 Å². The van der Waals surface area contributed by atoms with Crippen molar-refractivity contribution in [1.29, 1.82) is 5.26 Å². The average molecular weight is 215 g/mol. The van der Waals surface area contributed by atoms with Crippen molar-refractivity contribution in [2.75, 3.05) is 5.32 Å². The number of amides is 1. The maximum Gasteiger partial charge on any atom is 0.238 e. The molecule has 1 heterocycles. The molecule has 0 atom stereocenters. The molecule has 5 nitrogen and oxygen atoms in total. The molecule has 2 aromatic rings. The Balaban J connectivity index is 2.37. The lowest BCUT2D eigenvalue weighted by atomic mass is 10.2. The van der Waals surface area contributed by atoms with Gasteiger partial charge in [-0.05, 0) is 12.1 Å². The first-order valence-electron chi connectivity index (χ1n) is 4.73. The second-order valence-corrected chi connectivity index (χ2v) is 3.27. The first-order valence-corrected chi connectivity index (χ1v) is 4.73. The Hall–Kier alpha value is -2.35. The number of aromatic nitrogens is 1. The van der Waals surface area contributed by atoms with E-state index >= 15 is 0 Å². The molecule has 1 aromatic carbocycles. The molecular formula is C11H9N3O2. The second kappa shape index (κ2) is 4.03. The molecule has 16 heavy (non-hydrogen) atoms. The molecule has 0 aliphatic rings. The molecule has 0 saturated heterocycles. The van der Waals surface area contributed by atoms with Crippen LogP contribution >= 0.6 is 0 Å². The Morgan fingerprint density at radius 1 is 1.62 bits per heavy atom. The summed E-state index contributed by atoms with van der Waals surface area (Å²) in [6, 6.07) is 7.04. The molecule has 1 N–H and O–H groups in total. The SMILES string of the molecule is Cc1nc2c(NC(=O)CC#N)cccc2o1. The highest BCUT2D eigenvalue weighted by Gasteiger charge is 2.09. The minimum atomic E-state index is -0.351. The number of benzene rings is 1. The zero-order valence-corrected chi connectivity index (χ0v) is 8.65. The van der Waals surface area contributed by atoms with Gasteiger partial charge in [0.05, 0.1) is 11.8 Å². The fourth-order valence-electron chi connectivity index (χ4n) is 1.43. The van der Waals surface area contributed by atoms with Gasteiger partial charge >= 0.3 is 0 Å². The van der Waals surface area contributed by atoms with Crippen molar-refractivity contribution < 1.29 is 9.21 Å². The molecule has 0 saturated carbocycles. The minimum Gasteiger partial charge on any atom is -0.441 e. The molecule has 0 radical (unpaired) electrons. The van der Waals surface area contributed by atoms with E-state index in [0.29, 0.717) is 22.7 Å². The predicted octanol–water partition coefficient (Wildman–Crippen LogP) is 1.99. The number of anilines is 1. The number of oxazole rings is 1. The van der Waals surface area contributed by atoms with Crippen LogP contribution < -0.4 is 5.32 Å². The van der Waals surface area contributed by atoms with Crippen LogP contribution in [0.4, 0.5) is 5.69 Å².